The summed E-state index contributed by atoms with van der Waals surface area (Å²) in [6, 6.07) is 16.4. The molecule has 8 heteroatoms. The predicted octanol–water partition coefficient (Wildman–Crippen LogP) is 5.21. The second kappa shape index (κ2) is 8.69. The van der Waals surface area contributed by atoms with Crippen LogP contribution < -0.4 is 14.4 Å². The van der Waals surface area contributed by atoms with Gasteiger partial charge in [-0.2, -0.15) is 0 Å². The van der Waals surface area contributed by atoms with Gasteiger partial charge in [-0.05, 0) is 36.4 Å². The zero-order valence-electron chi connectivity index (χ0n) is 16.3. The van der Waals surface area contributed by atoms with E-state index in [9.17, 15) is 4.79 Å². The first-order valence-electron chi connectivity index (χ1n) is 9.10. The van der Waals surface area contributed by atoms with E-state index in [1.807, 2.05) is 30.3 Å². The molecule has 0 saturated carbocycles. The van der Waals surface area contributed by atoms with E-state index in [4.69, 9.17) is 21.1 Å². The van der Waals surface area contributed by atoms with Crippen LogP contribution in [-0.4, -0.2) is 30.1 Å². The topological polar surface area (TPSA) is 64.5 Å². The molecule has 0 radical (unpaired) electrons. The summed E-state index contributed by atoms with van der Waals surface area (Å²) in [6.07, 6.45) is 1.69. The zero-order valence-corrected chi connectivity index (χ0v) is 17.9. The Kier molecular flexibility index (Phi) is 5.83. The zero-order chi connectivity index (χ0) is 21.1. The fourth-order valence-corrected chi connectivity index (χ4v) is 4.36. The maximum absolute atomic E-state index is 13.7. The lowest BCUT2D eigenvalue weighted by Crippen LogP contribution is -2.31. The molecule has 0 unspecified atom stereocenters. The summed E-state index contributed by atoms with van der Waals surface area (Å²) in [7, 11) is 3.04. The molecule has 0 atom stereocenters. The van der Waals surface area contributed by atoms with Crippen LogP contribution in [0.15, 0.2) is 60.8 Å². The third kappa shape index (κ3) is 3.81. The molecule has 0 aliphatic rings. The molecule has 0 aliphatic heterocycles. The molecule has 4 rings (SSSR count). The number of amides is 1. The Morgan fingerprint density at radius 3 is 2.60 bits per heavy atom. The second-order valence-electron chi connectivity index (χ2n) is 6.34. The largest absolute Gasteiger partial charge is 0.493 e. The molecule has 0 N–H and O–H groups in total. The van der Waals surface area contributed by atoms with Crippen molar-refractivity contribution in [2.24, 2.45) is 0 Å². The van der Waals surface area contributed by atoms with E-state index in [0.717, 1.165) is 10.4 Å². The summed E-state index contributed by atoms with van der Waals surface area (Å²) in [5.74, 6) is 0.579. The Bertz CT molecular complexity index is 1200. The van der Waals surface area contributed by atoms with Crippen LogP contribution >= 0.6 is 22.9 Å². The van der Waals surface area contributed by atoms with Gasteiger partial charge in [0.25, 0.3) is 5.91 Å². The van der Waals surface area contributed by atoms with Gasteiger partial charge >= 0.3 is 0 Å². The Balaban J connectivity index is 1.83. The van der Waals surface area contributed by atoms with Crippen molar-refractivity contribution in [1.82, 2.24) is 9.97 Å². The van der Waals surface area contributed by atoms with Gasteiger partial charge in [-0.1, -0.05) is 41.1 Å². The van der Waals surface area contributed by atoms with Crippen molar-refractivity contribution in [1.29, 1.82) is 0 Å². The second-order valence-corrected chi connectivity index (χ2v) is 7.75. The lowest BCUT2D eigenvalue weighted by molar-refractivity contribution is 0.0981. The van der Waals surface area contributed by atoms with Gasteiger partial charge in [-0.15, -0.1) is 0 Å². The summed E-state index contributed by atoms with van der Waals surface area (Å²) in [5, 5.41) is 1.07. The number of carbonyl (C=O) groups excluding carboxylic acids is 1. The van der Waals surface area contributed by atoms with Crippen molar-refractivity contribution in [3.8, 4) is 11.5 Å². The number of benzene rings is 2. The number of anilines is 1. The van der Waals surface area contributed by atoms with Gasteiger partial charge in [0.15, 0.2) is 16.6 Å². The molecule has 0 bridgehead atoms. The van der Waals surface area contributed by atoms with Gasteiger partial charge in [0.2, 0.25) is 0 Å². The summed E-state index contributed by atoms with van der Waals surface area (Å²) in [5.41, 5.74) is 1.77. The van der Waals surface area contributed by atoms with E-state index in [-0.39, 0.29) is 12.5 Å². The fourth-order valence-electron chi connectivity index (χ4n) is 3.10. The number of fused-ring (bicyclic) bond motifs is 1. The molecule has 0 spiro atoms. The fraction of sp³-hybridized carbons (Fsp3) is 0.136. The number of para-hydroxylation sites is 2. The number of thiazole rings is 1. The predicted molar refractivity (Wildman–Crippen MR) is 119 cm³/mol. The first kappa shape index (κ1) is 20.1. The highest BCUT2D eigenvalue weighted by atomic mass is 35.5. The molecule has 152 valence electrons. The van der Waals surface area contributed by atoms with Crippen LogP contribution in [0.4, 0.5) is 5.13 Å². The van der Waals surface area contributed by atoms with E-state index in [2.05, 4.69) is 9.97 Å². The Hall–Kier alpha value is -3.16. The van der Waals surface area contributed by atoms with Gasteiger partial charge in [0.1, 0.15) is 5.52 Å². The van der Waals surface area contributed by atoms with Gasteiger partial charge in [0.05, 0.1) is 41.7 Å². The minimum Gasteiger partial charge on any atom is -0.493 e. The first-order chi connectivity index (χ1) is 14.6. The highest BCUT2D eigenvalue weighted by molar-refractivity contribution is 7.22. The average molecular weight is 440 g/mol. The summed E-state index contributed by atoms with van der Waals surface area (Å²) >= 11 is 7.71. The third-order valence-corrected chi connectivity index (χ3v) is 5.86. The van der Waals surface area contributed by atoms with Gasteiger partial charge in [0, 0.05) is 6.20 Å². The molecule has 0 aliphatic carbocycles. The van der Waals surface area contributed by atoms with E-state index >= 15 is 0 Å². The van der Waals surface area contributed by atoms with Crippen molar-refractivity contribution >= 4 is 44.2 Å². The minimum atomic E-state index is -0.272. The standard InChI is InChI=1S/C22H18ClN3O3S/c1-28-17-10-5-8-15(20(17)29-2)21(27)26(13-14-7-3-4-12-24-14)22-25-19-16(23)9-6-11-18(19)30-22/h3-12H,13H2,1-2H3. The van der Waals surface area contributed by atoms with E-state index in [1.54, 1.807) is 35.4 Å². The maximum atomic E-state index is 13.7. The Morgan fingerprint density at radius 1 is 1.07 bits per heavy atom. The number of carbonyl (C=O) groups is 1. The number of halogens is 1. The highest BCUT2D eigenvalue weighted by Gasteiger charge is 2.26. The Labute approximate surface area is 182 Å². The highest BCUT2D eigenvalue weighted by Crippen LogP contribution is 2.36. The number of nitrogens with zero attached hydrogens (tertiary/aromatic N) is 3. The summed E-state index contributed by atoms with van der Waals surface area (Å²) in [6.45, 7) is 0.247. The number of hydrogen-bond acceptors (Lipinski definition) is 6. The maximum Gasteiger partial charge on any atom is 0.264 e. The Morgan fingerprint density at radius 2 is 1.90 bits per heavy atom. The quantitative estimate of drug-likeness (QED) is 0.412. The summed E-state index contributed by atoms with van der Waals surface area (Å²) < 4.78 is 11.7. The van der Waals surface area contributed by atoms with Crippen LogP contribution in [0.2, 0.25) is 5.02 Å². The van der Waals surface area contributed by atoms with Crippen LogP contribution in [0.1, 0.15) is 16.1 Å². The number of aromatic nitrogens is 2. The molecule has 2 heterocycles. The minimum absolute atomic E-state index is 0.247. The van der Waals surface area contributed by atoms with Crippen molar-refractivity contribution < 1.29 is 14.3 Å². The molecular formula is C22H18ClN3O3S. The third-order valence-electron chi connectivity index (χ3n) is 4.51. The molecule has 0 fully saturated rings. The first-order valence-corrected chi connectivity index (χ1v) is 10.3. The molecule has 0 saturated heterocycles. The number of rotatable bonds is 6. The van der Waals surface area contributed by atoms with Gasteiger partial charge < -0.3 is 9.47 Å². The summed E-state index contributed by atoms with van der Waals surface area (Å²) in [4.78, 5) is 24.3. The normalized spacial score (nSPS) is 10.8. The average Bonchev–Trinajstić information content (AvgIpc) is 3.22. The van der Waals surface area contributed by atoms with Crippen LogP contribution in [-0.2, 0) is 6.54 Å². The number of pyridine rings is 1. The SMILES string of the molecule is COc1cccc(C(=O)N(Cc2ccccn2)c2nc3c(Cl)cccc3s2)c1OC. The van der Waals surface area contributed by atoms with Crippen molar-refractivity contribution in [2.45, 2.75) is 6.54 Å². The van der Waals surface area contributed by atoms with Crippen LogP contribution in [0.5, 0.6) is 11.5 Å². The van der Waals surface area contributed by atoms with Crippen LogP contribution in [0.3, 0.4) is 0 Å². The smallest absolute Gasteiger partial charge is 0.264 e. The molecule has 1 amide bonds. The lowest BCUT2D eigenvalue weighted by atomic mass is 10.1. The van der Waals surface area contributed by atoms with E-state index in [1.165, 1.54) is 25.6 Å². The molecular weight excluding hydrogens is 422 g/mol. The molecule has 4 aromatic rings. The van der Waals surface area contributed by atoms with Crippen LogP contribution in [0.25, 0.3) is 10.2 Å². The van der Waals surface area contributed by atoms with Crippen molar-refractivity contribution in [3.63, 3.8) is 0 Å². The van der Waals surface area contributed by atoms with E-state index < -0.39 is 0 Å². The van der Waals surface area contributed by atoms with Crippen molar-refractivity contribution in [2.75, 3.05) is 19.1 Å². The monoisotopic (exact) mass is 439 g/mol. The van der Waals surface area contributed by atoms with Gasteiger partial charge in [-0.3, -0.25) is 14.7 Å². The number of ether oxygens (including phenoxy) is 2. The molecule has 2 aromatic carbocycles. The van der Waals surface area contributed by atoms with Crippen LogP contribution in [0, 0.1) is 0 Å². The number of hydrogen-bond donors (Lipinski definition) is 0. The van der Waals surface area contributed by atoms with Crippen molar-refractivity contribution in [3.05, 3.63) is 77.1 Å². The molecule has 6 nitrogen and oxygen atoms in total. The molecule has 2 aromatic heterocycles. The van der Waals surface area contributed by atoms with E-state index in [0.29, 0.717) is 32.7 Å². The van der Waals surface area contributed by atoms with Gasteiger partial charge in [-0.25, -0.2) is 4.98 Å². The number of methoxy groups -OCH3 is 2. The molecule has 30 heavy (non-hydrogen) atoms. The lowest BCUT2D eigenvalue weighted by Gasteiger charge is -2.21.